The quantitative estimate of drug-likeness (QED) is 0.684. The summed E-state index contributed by atoms with van der Waals surface area (Å²) in [4.78, 5) is 42.2. The number of hydrogen-bond donors (Lipinski definition) is 0. The van der Waals surface area contributed by atoms with Crippen LogP contribution in [0.1, 0.15) is 0 Å². The van der Waals surface area contributed by atoms with Crippen molar-refractivity contribution in [1.29, 1.82) is 0 Å². The summed E-state index contributed by atoms with van der Waals surface area (Å²) in [5, 5.41) is 10.8. The molecule has 0 heterocycles. The lowest BCUT2D eigenvalue weighted by Crippen LogP contribution is -1.85. The van der Waals surface area contributed by atoms with Crippen molar-refractivity contribution < 1.29 is 4.74 Å². The van der Waals surface area contributed by atoms with Crippen LogP contribution in [0.25, 0.3) is 0 Å². The summed E-state index contributed by atoms with van der Waals surface area (Å²) in [5.41, 5.74) is -0.319. The number of rotatable bonds is 6. The second-order valence-electron chi connectivity index (χ2n) is 3.77. The monoisotopic (exact) mass is 286 g/mol. The van der Waals surface area contributed by atoms with Crippen molar-refractivity contribution in [2.45, 2.75) is 0 Å². The van der Waals surface area contributed by atoms with Crippen LogP contribution in [-0.4, -0.2) is 0 Å². The van der Waals surface area contributed by atoms with Gasteiger partial charge in [-0.1, -0.05) is 0 Å². The third-order valence-electron chi connectivity index (χ3n) is 2.51. The fourth-order valence-corrected chi connectivity index (χ4v) is 1.56. The fourth-order valence-electron chi connectivity index (χ4n) is 1.56. The van der Waals surface area contributed by atoms with Crippen LogP contribution in [0, 0.1) is 19.6 Å². The molecule has 2 aromatic rings. The van der Waals surface area contributed by atoms with Crippen LogP contribution < -0.4 is 4.74 Å². The van der Waals surface area contributed by atoms with Crippen molar-refractivity contribution in [2.75, 3.05) is 0 Å². The molecule has 9 nitrogen and oxygen atoms in total. The number of benzene rings is 2. The average Bonchev–Trinajstić information content (AvgIpc) is 2.55. The van der Waals surface area contributed by atoms with Crippen molar-refractivity contribution in [3.63, 3.8) is 0 Å². The van der Waals surface area contributed by atoms with Gasteiger partial charge >= 0.3 is 0 Å². The minimum atomic E-state index is -0.165. The smallest absolute Gasteiger partial charge is 0.156 e. The molecule has 0 atom stereocenters. The van der Waals surface area contributed by atoms with E-state index in [9.17, 15) is 19.6 Å². The Bertz CT molecular complexity index is 670. The van der Waals surface area contributed by atoms with E-state index < -0.39 is 0 Å². The lowest BCUT2D eigenvalue weighted by atomic mass is 10.2. The Balaban J connectivity index is 2.42. The summed E-state index contributed by atoms with van der Waals surface area (Å²) < 4.78 is 5.35. The first kappa shape index (κ1) is 14.1. The average molecular weight is 286 g/mol. The van der Waals surface area contributed by atoms with Crippen molar-refractivity contribution in [3.8, 4) is 11.5 Å². The van der Waals surface area contributed by atoms with Gasteiger partial charge in [0.05, 0.1) is 0 Å². The molecule has 0 aliphatic rings. The highest BCUT2D eigenvalue weighted by atomic mass is 16.5. The lowest BCUT2D eigenvalue weighted by molar-refractivity contribution is 0.485. The standard InChI is InChI=1S/C12H6N4O5/c17-13-7-1-3-11(9(5-7)15-19)21-12-4-2-8(14-18)6-10(12)16-20/h1-6H. The van der Waals surface area contributed by atoms with Gasteiger partial charge in [0.1, 0.15) is 11.4 Å². The van der Waals surface area contributed by atoms with Crippen LogP contribution in [0.3, 0.4) is 0 Å². The molecule has 0 amide bonds. The largest absolute Gasteiger partial charge is 0.453 e. The van der Waals surface area contributed by atoms with E-state index in [4.69, 9.17) is 4.74 Å². The first-order valence-corrected chi connectivity index (χ1v) is 5.51. The molecule has 0 radical (unpaired) electrons. The number of nitrogens with zero attached hydrogens (tertiary/aromatic N) is 4. The molecule has 0 N–H and O–H groups in total. The van der Waals surface area contributed by atoms with E-state index >= 15 is 0 Å². The molecule has 0 unspecified atom stereocenters. The topological polar surface area (TPSA) is 127 Å². The maximum Gasteiger partial charge on any atom is 0.156 e. The molecule has 0 spiro atoms. The third-order valence-corrected chi connectivity index (χ3v) is 2.51. The Hall–Kier alpha value is -3.36. The van der Waals surface area contributed by atoms with Gasteiger partial charge in [-0.15, -0.1) is 19.6 Å². The molecule has 21 heavy (non-hydrogen) atoms. The van der Waals surface area contributed by atoms with E-state index in [0.717, 1.165) is 12.1 Å². The highest BCUT2D eigenvalue weighted by Gasteiger charge is 2.12. The van der Waals surface area contributed by atoms with Crippen LogP contribution in [0.15, 0.2) is 57.1 Å². The molecular formula is C12H6N4O5. The molecule has 0 aliphatic heterocycles. The second kappa shape index (κ2) is 6.19. The predicted molar refractivity (Wildman–Crippen MR) is 74.8 cm³/mol. The van der Waals surface area contributed by atoms with Crippen LogP contribution in [-0.2, 0) is 0 Å². The molecule has 0 saturated carbocycles. The van der Waals surface area contributed by atoms with Crippen molar-refractivity contribution in [2.24, 2.45) is 20.7 Å². The van der Waals surface area contributed by atoms with Gasteiger partial charge in [0.2, 0.25) is 0 Å². The summed E-state index contributed by atoms with van der Waals surface area (Å²) >= 11 is 0. The van der Waals surface area contributed by atoms with Gasteiger partial charge in [-0.2, -0.15) is 0 Å². The number of ether oxygens (including phenoxy) is 1. The van der Waals surface area contributed by atoms with E-state index in [1.807, 2.05) is 0 Å². The van der Waals surface area contributed by atoms with E-state index in [1.165, 1.54) is 24.3 Å². The molecule has 0 fully saturated rings. The van der Waals surface area contributed by atoms with Crippen molar-refractivity contribution in [3.05, 3.63) is 56.0 Å². The first-order chi connectivity index (χ1) is 10.2. The first-order valence-electron chi connectivity index (χ1n) is 5.51. The number of hydrogen-bond acceptors (Lipinski definition) is 9. The zero-order valence-corrected chi connectivity index (χ0v) is 10.3. The molecule has 9 heteroatoms. The van der Waals surface area contributed by atoms with E-state index in [1.54, 1.807) is 0 Å². The SMILES string of the molecule is O=Nc1ccc(Oc2ccc(N=O)cc2N=O)c(N=O)c1. The molecule has 0 bridgehead atoms. The molecule has 0 aliphatic carbocycles. The maximum absolute atomic E-state index is 10.7. The van der Waals surface area contributed by atoms with Gasteiger partial charge in [0.15, 0.2) is 22.9 Å². The van der Waals surface area contributed by atoms with E-state index in [2.05, 4.69) is 20.7 Å². The molecule has 0 aromatic heterocycles. The van der Waals surface area contributed by atoms with Crippen molar-refractivity contribution >= 4 is 22.7 Å². The molecule has 0 saturated heterocycles. The summed E-state index contributed by atoms with van der Waals surface area (Å²) in [5.74, 6) is 0.0169. The Morgan fingerprint density at radius 3 is 1.38 bits per heavy atom. The minimum Gasteiger partial charge on any atom is -0.453 e. The van der Waals surface area contributed by atoms with Gasteiger partial charge < -0.3 is 4.74 Å². The van der Waals surface area contributed by atoms with E-state index in [-0.39, 0.29) is 34.2 Å². The predicted octanol–water partition coefficient (Wildman–Crippen LogP) is 5.07. The number of nitroso groups, excluding NO2 is 4. The van der Waals surface area contributed by atoms with Crippen LogP contribution in [0.5, 0.6) is 11.5 Å². The molecular weight excluding hydrogens is 280 g/mol. The van der Waals surface area contributed by atoms with Crippen LogP contribution in [0.2, 0.25) is 0 Å². The van der Waals surface area contributed by atoms with Gasteiger partial charge in [0, 0.05) is 12.1 Å². The van der Waals surface area contributed by atoms with Crippen LogP contribution >= 0.6 is 0 Å². The third kappa shape index (κ3) is 2.97. The fraction of sp³-hybridized carbons (Fsp3) is 0. The summed E-state index contributed by atoms with van der Waals surface area (Å²) in [7, 11) is 0. The lowest BCUT2D eigenvalue weighted by Gasteiger charge is -2.08. The zero-order chi connectivity index (χ0) is 15.2. The van der Waals surface area contributed by atoms with Crippen molar-refractivity contribution in [1.82, 2.24) is 0 Å². The Labute approximate surface area is 116 Å². The zero-order valence-electron chi connectivity index (χ0n) is 10.3. The van der Waals surface area contributed by atoms with Gasteiger partial charge in [-0.25, -0.2) is 0 Å². The Morgan fingerprint density at radius 2 is 1.05 bits per heavy atom. The maximum atomic E-state index is 10.7. The second-order valence-corrected chi connectivity index (χ2v) is 3.77. The Kier molecular flexibility index (Phi) is 4.14. The molecule has 2 aromatic carbocycles. The normalized spacial score (nSPS) is 9.71. The van der Waals surface area contributed by atoms with Gasteiger partial charge in [0.25, 0.3) is 0 Å². The molecule has 104 valence electrons. The van der Waals surface area contributed by atoms with Crippen LogP contribution in [0.4, 0.5) is 22.7 Å². The highest BCUT2D eigenvalue weighted by molar-refractivity contribution is 5.64. The summed E-state index contributed by atoms with van der Waals surface area (Å²) in [6.45, 7) is 0. The minimum absolute atomic E-state index is 0.00573. The van der Waals surface area contributed by atoms with Gasteiger partial charge in [-0.3, -0.25) is 0 Å². The molecule has 2 rings (SSSR count). The van der Waals surface area contributed by atoms with Gasteiger partial charge in [-0.05, 0) is 45.0 Å². The Morgan fingerprint density at radius 1 is 0.619 bits per heavy atom. The highest BCUT2D eigenvalue weighted by Crippen LogP contribution is 2.39. The summed E-state index contributed by atoms with van der Waals surface area (Å²) in [6.07, 6.45) is 0. The summed E-state index contributed by atoms with van der Waals surface area (Å²) in [6, 6.07) is 7.48. The van der Waals surface area contributed by atoms with E-state index in [0.29, 0.717) is 0 Å².